The van der Waals surface area contributed by atoms with Crippen LogP contribution in [-0.2, 0) is 0 Å². The van der Waals surface area contributed by atoms with Crippen LogP contribution >= 0.6 is 0 Å². The fraction of sp³-hybridized carbons (Fsp3) is 1.00. The third kappa shape index (κ3) is 3.67. The Morgan fingerprint density at radius 1 is 0.500 bits per heavy atom. The zero-order valence-corrected chi connectivity index (χ0v) is 15.2. The Bertz CT molecular complexity index is 214. The maximum absolute atomic E-state index is 1.93. The zero-order valence-electron chi connectivity index (χ0n) is 12.4. The molecule has 116 valence electrons. The Hall–Kier alpha value is 0.589. The van der Waals surface area contributed by atoms with Crippen molar-refractivity contribution in [1.29, 1.82) is 0 Å². The van der Waals surface area contributed by atoms with E-state index in [1.165, 1.54) is 0 Å². The Labute approximate surface area is 135 Å². The minimum atomic E-state index is 0. The Morgan fingerprint density at radius 2 is 0.700 bits per heavy atom. The van der Waals surface area contributed by atoms with Gasteiger partial charge in [-0.05, 0) is 0 Å². The van der Waals surface area contributed by atoms with Crippen molar-refractivity contribution >= 4 is 22.5 Å². The van der Waals surface area contributed by atoms with Crippen LogP contribution in [0.25, 0.3) is 0 Å². The van der Waals surface area contributed by atoms with Crippen molar-refractivity contribution in [2.45, 2.75) is 80.5 Å². The standard InChI is InChI=1S/C16H27.3FH.Sn/c1-2-8-13(7-1)16(14-9-3-4-10-14)15-11-5-6-12-15;;;;/h13-15H,1-12H2;3*1H;/q;;;;+3/p-3. The molecule has 0 aromatic carbocycles. The summed E-state index contributed by atoms with van der Waals surface area (Å²) < 4.78 is 0.830. The van der Waals surface area contributed by atoms with Crippen LogP contribution in [-0.4, -0.2) is 22.5 Å². The number of hydrogen-bond donors (Lipinski definition) is 0. The Morgan fingerprint density at radius 3 is 0.900 bits per heavy atom. The van der Waals surface area contributed by atoms with Gasteiger partial charge < -0.3 is 14.1 Å². The molecule has 3 aliphatic rings. The first-order chi connectivity index (χ1) is 8.32. The first-order valence-corrected chi connectivity index (χ1v) is 9.49. The average Bonchev–Trinajstić information content (AvgIpc) is 3.10. The molecule has 0 amide bonds. The van der Waals surface area contributed by atoms with Crippen LogP contribution in [0.15, 0.2) is 0 Å². The van der Waals surface area contributed by atoms with Gasteiger partial charge in [-0.25, -0.2) is 0 Å². The molecule has 20 heavy (non-hydrogen) atoms. The van der Waals surface area contributed by atoms with Crippen molar-refractivity contribution in [3.8, 4) is 0 Å². The van der Waals surface area contributed by atoms with Gasteiger partial charge in [0.1, 0.15) is 0 Å². The summed E-state index contributed by atoms with van der Waals surface area (Å²) in [5.41, 5.74) is 0. The number of halogens is 3. The topological polar surface area (TPSA) is 0 Å². The van der Waals surface area contributed by atoms with Gasteiger partial charge in [-0.1, -0.05) is 0 Å². The van der Waals surface area contributed by atoms with Crippen LogP contribution in [0.1, 0.15) is 77.0 Å². The van der Waals surface area contributed by atoms with Gasteiger partial charge in [0.25, 0.3) is 0 Å². The predicted octanol–water partition coefficient (Wildman–Crippen LogP) is -4.10. The molecule has 3 fully saturated rings. The average molecular weight is 395 g/mol. The third-order valence-electron chi connectivity index (χ3n) is 6.09. The van der Waals surface area contributed by atoms with Crippen molar-refractivity contribution in [2.24, 2.45) is 17.8 Å². The first kappa shape index (κ1) is 20.6. The molecule has 3 aliphatic carbocycles. The summed E-state index contributed by atoms with van der Waals surface area (Å²) in [6.07, 6.45) is 18.7. The van der Waals surface area contributed by atoms with Crippen molar-refractivity contribution in [3.05, 3.63) is 0 Å². The van der Waals surface area contributed by atoms with Crippen LogP contribution in [0, 0.1) is 17.8 Å². The monoisotopic (exact) mass is 396 g/mol. The van der Waals surface area contributed by atoms with Gasteiger partial charge >= 0.3 is 121 Å². The quantitative estimate of drug-likeness (QED) is 0.427. The van der Waals surface area contributed by atoms with E-state index in [1.54, 1.807) is 77.0 Å². The molecule has 0 nitrogen and oxygen atoms in total. The van der Waals surface area contributed by atoms with Gasteiger partial charge in [0, 0.05) is 0 Å². The molecule has 0 heterocycles. The second kappa shape index (κ2) is 8.89. The summed E-state index contributed by atoms with van der Waals surface area (Å²) in [6, 6.07) is 0. The normalized spacial score (nSPS) is 25.1. The van der Waals surface area contributed by atoms with Crippen molar-refractivity contribution in [2.75, 3.05) is 0 Å². The molecular weight excluding hydrogens is 368 g/mol. The van der Waals surface area contributed by atoms with E-state index < -0.39 is 0 Å². The number of rotatable bonds is 3. The zero-order chi connectivity index (χ0) is 11.7. The first-order valence-electron chi connectivity index (χ1n) is 8.07. The van der Waals surface area contributed by atoms with Crippen molar-refractivity contribution < 1.29 is 14.1 Å². The summed E-state index contributed by atoms with van der Waals surface area (Å²) in [7, 11) is 0. The van der Waals surface area contributed by atoms with E-state index >= 15 is 0 Å². The van der Waals surface area contributed by atoms with E-state index in [9.17, 15) is 0 Å². The molecule has 0 aromatic rings. The Balaban J connectivity index is 0.00000120. The van der Waals surface area contributed by atoms with E-state index in [4.69, 9.17) is 0 Å². The molecular formula is C16H27F3Sn. The Kier molecular flexibility index (Phi) is 9.15. The molecule has 4 heteroatoms. The summed E-state index contributed by atoms with van der Waals surface area (Å²) in [5.74, 6) is 3.39. The van der Waals surface area contributed by atoms with Gasteiger partial charge in [-0.2, -0.15) is 0 Å². The van der Waals surface area contributed by atoms with Crippen LogP contribution in [0.4, 0.5) is 0 Å². The summed E-state index contributed by atoms with van der Waals surface area (Å²) in [4.78, 5) is 0. The fourth-order valence-electron chi connectivity index (χ4n) is 5.21. The molecule has 0 bridgehead atoms. The summed E-state index contributed by atoms with van der Waals surface area (Å²) >= 11 is 1.93. The van der Waals surface area contributed by atoms with Crippen LogP contribution < -0.4 is 14.1 Å². The molecule has 0 aliphatic heterocycles. The number of hydrogen-bond acceptors (Lipinski definition) is 0. The van der Waals surface area contributed by atoms with Crippen molar-refractivity contribution in [3.63, 3.8) is 0 Å². The van der Waals surface area contributed by atoms with Gasteiger partial charge in [0.15, 0.2) is 0 Å². The van der Waals surface area contributed by atoms with E-state index in [2.05, 4.69) is 0 Å². The second-order valence-corrected chi connectivity index (χ2v) is 9.35. The third-order valence-corrected chi connectivity index (χ3v) is 9.59. The van der Waals surface area contributed by atoms with Crippen LogP contribution in [0.3, 0.4) is 0 Å². The van der Waals surface area contributed by atoms with E-state index in [-0.39, 0.29) is 14.1 Å². The van der Waals surface area contributed by atoms with Crippen LogP contribution in [0.2, 0.25) is 3.43 Å². The molecule has 3 rings (SSSR count). The summed E-state index contributed by atoms with van der Waals surface area (Å²) in [5, 5.41) is 0. The summed E-state index contributed by atoms with van der Waals surface area (Å²) in [6.45, 7) is 0. The molecule has 0 atom stereocenters. The molecule has 0 spiro atoms. The van der Waals surface area contributed by atoms with Gasteiger partial charge in [0.05, 0.1) is 0 Å². The van der Waals surface area contributed by atoms with Crippen LogP contribution in [0.5, 0.6) is 0 Å². The van der Waals surface area contributed by atoms with E-state index in [0.717, 1.165) is 21.2 Å². The second-order valence-electron chi connectivity index (χ2n) is 6.88. The fourth-order valence-corrected chi connectivity index (χ4v) is 7.68. The minimum absolute atomic E-state index is 0. The molecule has 0 N–H and O–H groups in total. The van der Waals surface area contributed by atoms with Gasteiger partial charge in [0.2, 0.25) is 0 Å². The van der Waals surface area contributed by atoms with Gasteiger partial charge in [-0.3, -0.25) is 0 Å². The molecule has 0 saturated heterocycles. The SMILES string of the molecule is [F-].[F-].[F-].[Sn+3][C](C1CCCC1)(C1CCCC1)C1CCCC1. The molecule has 0 radical (unpaired) electrons. The van der Waals surface area contributed by atoms with Gasteiger partial charge in [-0.15, -0.1) is 0 Å². The molecule has 0 aromatic heterocycles. The maximum atomic E-state index is 1.93. The van der Waals surface area contributed by atoms with E-state index in [0.29, 0.717) is 0 Å². The van der Waals surface area contributed by atoms with E-state index in [1.807, 2.05) is 22.5 Å². The van der Waals surface area contributed by atoms with Crippen molar-refractivity contribution in [1.82, 2.24) is 0 Å². The predicted molar refractivity (Wildman–Crippen MR) is 74.3 cm³/mol. The molecule has 3 saturated carbocycles. The molecule has 0 unspecified atom stereocenters.